The first-order valence-corrected chi connectivity index (χ1v) is 9.11. The van der Waals surface area contributed by atoms with Gasteiger partial charge in [0.05, 0.1) is 12.0 Å². The van der Waals surface area contributed by atoms with E-state index >= 15 is 0 Å². The van der Waals surface area contributed by atoms with E-state index in [4.69, 9.17) is 4.98 Å². The Morgan fingerprint density at radius 3 is 2.88 bits per heavy atom. The summed E-state index contributed by atoms with van der Waals surface area (Å²) in [7, 11) is 0. The predicted octanol–water partition coefficient (Wildman–Crippen LogP) is 4.15. The number of nitrogens with zero attached hydrogens (tertiary/aromatic N) is 5. The van der Waals surface area contributed by atoms with Crippen molar-refractivity contribution < 1.29 is 0 Å². The summed E-state index contributed by atoms with van der Waals surface area (Å²) >= 11 is 0. The molecule has 3 rings (SSSR count). The summed E-state index contributed by atoms with van der Waals surface area (Å²) in [4.78, 5) is 18.1. The van der Waals surface area contributed by atoms with E-state index in [2.05, 4.69) is 45.3 Å². The molecular weight excluding hydrogens is 312 g/mol. The molecule has 0 amide bonds. The van der Waals surface area contributed by atoms with Crippen molar-refractivity contribution in [1.82, 2.24) is 19.5 Å². The van der Waals surface area contributed by atoms with Crippen molar-refractivity contribution in [2.75, 3.05) is 11.9 Å². The molecule has 0 saturated heterocycles. The number of hydrogen-bond donors (Lipinski definition) is 1. The van der Waals surface area contributed by atoms with E-state index in [9.17, 15) is 0 Å². The molecule has 1 N–H and O–H groups in total. The van der Waals surface area contributed by atoms with Crippen LogP contribution in [-0.4, -0.2) is 32.3 Å². The Morgan fingerprint density at radius 1 is 1.40 bits per heavy atom. The fourth-order valence-electron chi connectivity index (χ4n) is 3.87. The van der Waals surface area contributed by atoms with Gasteiger partial charge >= 0.3 is 0 Å². The molecule has 6 heteroatoms. The van der Waals surface area contributed by atoms with Gasteiger partial charge in [-0.15, -0.1) is 0 Å². The molecule has 1 saturated carbocycles. The van der Waals surface area contributed by atoms with Crippen LogP contribution in [0.1, 0.15) is 51.8 Å². The van der Waals surface area contributed by atoms with Crippen LogP contribution in [0.15, 0.2) is 23.6 Å². The lowest BCUT2D eigenvalue weighted by Gasteiger charge is -2.17. The van der Waals surface area contributed by atoms with Crippen LogP contribution < -0.4 is 5.32 Å². The molecule has 0 aromatic carbocycles. The summed E-state index contributed by atoms with van der Waals surface area (Å²) in [5.41, 5.74) is 3.60. The van der Waals surface area contributed by atoms with Gasteiger partial charge in [-0.2, -0.15) is 4.98 Å². The Hall–Kier alpha value is -2.24. The van der Waals surface area contributed by atoms with Crippen molar-refractivity contribution in [2.24, 2.45) is 16.8 Å². The van der Waals surface area contributed by atoms with Crippen molar-refractivity contribution in [1.29, 1.82) is 0 Å². The Kier molecular flexibility index (Phi) is 5.16. The molecule has 1 aliphatic carbocycles. The van der Waals surface area contributed by atoms with E-state index in [1.807, 2.05) is 20.2 Å². The van der Waals surface area contributed by atoms with Crippen LogP contribution in [-0.2, 0) is 0 Å². The Bertz CT molecular complexity index is 791. The van der Waals surface area contributed by atoms with Gasteiger partial charge in [-0.05, 0) is 38.5 Å². The van der Waals surface area contributed by atoms with Crippen LogP contribution in [0.2, 0.25) is 0 Å². The first-order valence-electron chi connectivity index (χ1n) is 9.11. The van der Waals surface area contributed by atoms with Crippen molar-refractivity contribution in [2.45, 2.75) is 53.0 Å². The summed E-state index contributed by atoms with van der Waals surface area (Å²) < 4.78 is 2.25. The maximum atomic E-state index is 4.75. The van der Waals surface area contributed by atoms with E-state index in [0.717, 1.165) is 34.9 Å². The van der Waals surface area contributed by atoms with Crippen molar-refractivity contribution >= 4 is 23.3 Å². The number of nitrogens with one attached hydrogen (secondary N) is 1. The first kappa shape index (κ1) is 17.6. The molecule has 2 aromatic heterocycles. The van der Waals surface area contributed by atoms with E-state index in [-0.39, 0.29) is 0 Å². The van der Waals surface area contributed by atoms with Gasteiger partial charge in [0, 0.05) is 30.9 Å². The van der Waals surface area contributed by atoms with Gasteiger partial charge in [-0.25, -0.2) is 9.97 Å². The third kappa shape index (κ3) is 3.72. The second-order valence-corrected chi connectivity index (χ2v) is 7.21. The van der Waals surface area contributed by atoms with Gasteiger partial charge in [0.15, 0.2) is 5.65 Å². The molecule has 2 aromatic rings. The fourth-order valence-corrected chi connectivity index (χ4v) is 3.87. The minimum Gasteiger partial charge on any atom is -0.354 e. The number of rotatable bonds is 6. The minimum absolute atomic E-state index is 0.473. The van der Waals surface area contributed by atoms with E-state index < -0.39 is 0 Å². The zero-order chi connectivity index (χ0) is 18.0. The molecule has 25 heavy (non-hydrogen) atoms. The summed E-state index contributed by atoms with van der Waals surface area (Å²) in [5.74, 6) is 2.05. The molecule has 0 radical (unpaired) electrons. The average Bonchev–Trinajstić information content (AvgIpc) is 3.10. The first-order chi connectivity index (χ1) is 12.0. The van der Waals surface area contributed by atoms with Gasteiger partial charge in [-0.3, -0.25) is 4.99 Å². The lowest BCUT2D eigenvalue weighted by molar-refractivity contribution is 0.414. The molecule has 0 bridgehead atoms. The van der Waals surface area contributed by atoms with Gasteiger partial charge in [0.1, 0.15) is 5.52 Å². The summed E-state index contributed by atoms with van der Waals surface area (Å²) in [6, 6.07) is 0.473. The SMILES string of the molecule is C=C(CCNc1nc(C)c2ncn(C3CC(C)C[C@H]3C)c2n1)N=CC. The molecule has 134 valence electrons. The van der Waals surface area contributed by atoms with Crippen LogP contribution in [0.25, 0.3) is 11.2 Å². The van der Waals surface area contributed by atoms with Gasteiger partial charge < -0.3 is 9.88 Å². The number of imidazole rings is 1. The maximum Gasteiger partial charge on any atom is 0.225 e. The quantitative estimate of drug-likeness (QED) is 0.802. The highest BCUT2D eigenvalue weighted by atomic mass is 15.2. The molecule has 1 aliphatic rings. The number of anilines is 1. The van der Waals surface area contributed by atoms with Gasteiger partial charge in [0.25, 0.3) is 0 Å². The lowest BCUT2D eigenvalue weighted by Crippen LogP contribution is -2.13. The van der Waals surface area contributed by atoms with Gasteiger partial charge in [0.2, 0.25) is 5.95 Å². The highest BCUT2D eigenvalue weighted by molar-refractivity contribution is 5.74. The Balaban J connectivity index is 1.82. The Labute approximate surface area is 149 Å². The molecule has 1 fully saturated rings. The van der Waals surface area contributed by atoms with Crippen LogP contribution in [0.3, 0.4) is 0 Å². The van der Waals surface area contributed by atoms with Crippen LogP contribution in [0, 0.1) is 18.8 Å². The molecule has 2 unspecified atom stereocenters. The zero-order valence-electron chi connectivity index (χ0n) is 15.7. The molecule has 0 spiro atoms. The monoisotopic (exact) mass is 340 g/mol. The standard InChI is InChI=1S/C19H28N6/c1-6-20-14(4)7-8-21-19-23-15(5)17-18(24-19)25(11-22-17)16-10-12(2)9-13(16)3/h6,11-13,16H,4,7-10H2,1-3,5H3,(H,21,23,24)/t12?,13-,16?/m1/s1. The highest BCUT2D eigenvalue weighted by Crippen LogP contribution is 2.40. The van der Waals surface area contributed by atoms with Crippen LogP contribution in [0.5, 0.6) is 0 Å². The molecule has 2 heterocycles. The van der Waals surface area contributed by atoms with Crippen LogP contribution in [0.4, 0.5) is 5.95 Å². The lowest BCUT2D eigenvalue weighted by atomic mass is 10.1. The summed E-state index contributed by atoms with van der Waals surface area (Å²) in [6.07, 6.45) is 6.92. The second kappa shape index (κ2) is 7.33. The number of aromatic nitrogens is 4. The van der Waals surface area contributed by atoms with E-state index in [0.29, 0.717) is 24.5 Å². The predicted molar refractivity (Wildman–Crippen MR) is 103 cm³/mol. The second-order valence-electron chi connectivity index (χ2n) is 7.21. The van der Waals surface area contributed by atoms with Crippen molar-refractivity contribution in [3.8, 4) is 0 Å². The molecule has 6 nitrogen and oxygen atoms in total. The van der Waals surface area contributed by atoms with E-state index in [1.165, 1.54) is 12.8 Å². The largest absolute Gasteiger partial charge is 0.354 e. The van der Waals surface area contributed by atoms with Crippen molar-refractivity contribution in [3.63, 3.8) is 0 Å². The number of aliphatic imine (C=N–C) groups is 1. The number of hydrogen-bond acceptors (Lipinski definition) is 5. The number of aryl methyl sites for hydroxylation is 1. The van der Waals surface area contributed by atoms with Crippen molar-refractivity contribution in [3.05, 3.63) is 24.3 Å². The van der Waals surface area contributed by atoms with E-state index in [1.54, 1.807) is 6.21 Å². The maximum absolute atomic E-state index is 4.75. The third-order valence-electron chi connectivity index (χ3n) is 5.04. The topological polar surface area (TPSA) is 68.0 Å². The average molecular weight is 340 g/mol. The number of fused-ring (bicyclic) bond motifs is 1. The zero-order valence-corrected chi connectivity index (χ0v) is 15.7. The smallest absolute Gasteiger partial charge is 0.225 e. The fraction of sp³-hybridized carbons (Fsp3) is 0.579. The molecule has 3 atom stereocenters. The molecule has 0 aliphatic heterocycles. The minimum atomic E-state index is 0.473. The third-order valence-corrected chi connectivity index (χ3v) is 5.04. The summed E-state index contributed by atoms with van der Waals surface area (Å²) in [6.45, 7) is 13.2. The van der Waals surface area contributed by atoms with Gasteiger partial charge in [-0.1, -0.05) is 20.4 Å². The summed E-state index contributed by atoms with van der Waals surface area (Å²) in [5, 5.41) is 3.30. The normalized spacial score (nSPS) is 23.6. The highest BCUT2D eigenvalue weighted by Gasteiger charge is 2.31. The van der Waals surface area contributed by atoms with Crippen LogP contribution >= 0.6 is 0 Å². The Morgan fingerprint density at radius 2 is 2.20 bits per heavy atom. The molecular formula is C19H28N6.